The average molecular weight is 413 g/mol. The van der Waals surface area contributed by atoms with Gasteiger partial charge in [0.1, 0.15) is 0 Å². The summed E-state index contributed by atoms with van der Waals surface area (Å²) >= 11 is 0. The lowest BCUT2D eigenvalue weighted by Gasteiger charge is -2.37. The lowest BCUT2D eigenvalue weighted by atomic mass is 9.80. The van der Waals surface area contributed by atoms with Gasteiger partial charge in [-0.05, 0) is 56.4 Å². The number of hydrogen-bond acceptors (Lipinski definition) is 4. The van der Waals surface area contributed by atoms with Crippen molar-refractivity contribution in [2.75, 3.05) is 13.2 Å². The van der Waals surface area contributed by atoms with Gasteiger partial charge in [0.15, 0.2) is 5.76 Å². The number of carbonyl (C=O) groups is 1. The molecule has 3 atom stereocenters. The maximum absolute atomic E-state index is 12.9. The van der Waals surface area contributed by atoms with Crippen LogP contribution in [0.1, 0.15) is 49.7 Å². The van der Waals surface area contributed by atoms with Gasteiger partial charge in [-0.25, -0.2) is 0 Å². The summed E-state index contributed by atoms with van der Waals surface area (Å²) < 4.78 is 50.3. The molecule has 160 valence electrons. The summed E-state index contributed by atoms with van der Waals surface area (Å²) in [6.45, 7) is 2.15. The van der Waals surface area contributed by atoms with Crippen molar-refractivity contribution in [1.82, 2.24) is 5.32 Å². The van der Waals surface area contributed by atoms with Crippen molar-refractivity contribution in [3.8, 4) is 0 Å². The van der Waals surface area contributed by atoms with E-state index in [1.54, 1.807) is 6.08 Å². The van der Waals surface area contributed by atoms with Crippen LogP contribution in [-0.2, 0) is 20.4 Å². The molecule has 1 aliphatic heterocycles. The van der Waals surface area contributed by atoms with Crippen LogP contribution in [0.3, 0.4) is 0 Å². The Kier molecular flexibility index (Phi) is 6.85. The molecule has 5 nitrogen and oxygen atoms in total. The topological polar surface area (TPSA) is 67.8 Å². The Morgan fingerprint density at radius 3 is 2.52 bits per heavy atom. The third-order valence-corrected chi connectivity index (χ3v) is 5.17. The monoisotopic (exact) mass is 413 g/mol. The minimum absolute atomic E-state index is 0.0200. The Bertz CT molecular complexity index is 728. The summed E-state index contributed by atoms with van der Waals surface area (Å²) in [7, 11) is 0. The van der Waals surface area contributed by atoms with E-state index in [-0.39, 0.29) is 36.2 Å². The molecule has 0 radical (unpaired) electrons. The third kappa shape index (κ3) is 5.51. The number of rotatable bonds is 8. The van der Waals surface area contributed by atoms with Crippen LogP contribution >= 0.6 is 0 Å². The average Bonchev–Trinajstić information content (AvgIpc) is 3.50. The predicted octanol–water partition coefficient (Wildman–Crippen LogP) is 3.73. The fraction of sp³-hybridized carbons (Fsp3) is 0.571. The van der Waals surface area contributed by atoms with Crippen LogP contribution in [0.25, 0.3) is 0 Å². The van der Waals surface area contributed by atoms with Gasteiger partial charge < -0.3 is 19.9 Å². The van der Waals surface area contributed by atoms with Crippen LogP contribution in [-0.4, -0.2) is 36.6 Å². The van der Waals surface area contributed by atoms with Crippen molar-refractivity contribution in [3.05, 3.63) is 47.2 Å². The van der Waals surface area contributed by atoms with Crippen LogP contribution < -0.4 is 5.32 Å². The highest BCUT2D eigenvalue weighted by molar-refractivity contribution is 5.92. The fourth-order valence-electron chi connectivity index (χ4n) is 3.52. The van der Waals surface area contributed by atoms with Gasteiger partial charge in [0.25, 0.3) is 5.91 Å². The molecule has 0 aromatic heterocycles. The third-order valence-electron chi connectivity index (χ3n) is 5.17. The number of carbonyl (C=O) groups excluding carboxylic acids is 1. The predicted molar refractivity (Wildman–Crippen MR) is 99.7 cm³/mol. The molecule has 1 amide bonds. The molecule has 1 saturated carbocycles. The number of halogens is 3. The molecule has 1 aromatic carbocycles. The largest absolute Gasteiger partial charge is 0.459 e. The highest BCUT2D eigenvalue weighted by Gasteiger charge is 2.39. The molecular formula is C21H26F3NO4. The van der Waals surface area contributed by atoms with Gasteiger partial charge in [0.05, 0.1) is 5.56 Å². The molecule has 1 aliphatic carbocycles. The van der Waals surface area contributed by atoms with E-state index >= 15 is 0 Å². The number of allylic oxidation sites excluding steroid dienone is 1. The molecule has 3 rings (SSSR count). The minimum Gasteiger partial charge on any atom is -0.459 e. The quantitative estimate of drug-likeness (QED) is 0.682. The van der Waals surface area contributed by atoms with Crippen molar-refractivity contribution in [3.63, 3.8) is 0 Å². The number of aliphatic hydroxyl groups is 1. The summed E-state index contributed by atoms with van der Waals surface area (Å²) in [5.41, 5.74) is -0.0806. The van der Waals surface area contributed by atoms with Crippen LogP contribution in [0, 0.1) is 5.92 Å². The number of benzene rings is 1. The van der Waals surface area contributed by atoms with E-state index in [0.29, 0.717) is 25.0 Å². The number of hydrogen-bond donors (Lipinski definition) is 2. The van der Waals surface area contributed by atoms with E-state index in [2.05, 4.69) is 5.32 Å². The molecule has 1 aromatic rings. The van der Waals surface area contributed by atoms with Crippen molar-refractivity contribution in [1.29, 1.82) is 0 Å². The van der Waals surface area contributed by atoms with E-state index in [1.807, 2.05) is 6.92 Å². The zero-order valence-corrected chi connectivity index (χ0v) is 16.2. The van der Waals surface area contributed by atoms with Gasteiger partial charge in [-0.1, -0.05) is 12.1 Å². The van der Waals surface area contributed by atoms with Crippen molar-refractivity contribution in [2.45, 2.75) is 57.0 Å². The second kappa shape index (κ2) is 9.17. The maximum Gasteiger partial charge on any atom is 0.416 e. The smallest absolute Gasteiger partial charge is 0.416 e. The molecular weight excluding hydrogens is 387 g/mol. The molecule has 2 aliphatic rings. The van der Waals surface area contributed by atoms with E-state index in [9.17, 15) is 23.1 Å². The van der Waals surface area contributed by atoms with E-state index in [0.717, 1.165) is 25.0 Å². The Morgan fingerprint density at radius 1 is 1.28 bits per heavy atom. The zero-order valence-electron chi connectivity index (χ0n) is 16.2. The van der Waals surface area contributed by atoms with Crippen LogP contribution in [0.5, 0.6) is 0 Å². The second-order valence-electron chi connectivity index (χ2n) is 7.40. The van der Waals surface area contributed by atoms with Gasteiger partial charge >= 0.3 is 6.18 Å². The number of aliphatic hydroxyl groups excluding tert-OH is 1. The lowest BCUT2D eigenvalue weighted by Crippen LogP contribution is -2.39. The zero-order chi connectivity index (χ0) is 21.0. The van der Waals surface area contributed by atoms with Crippen LogP contribution in [0.15, 0.2) is 36.1 Å². The molecule has 0 bridgehead atoms. The van der Waals surface area contributed by atoms with E-state index in [1.165, 1.54) is 12.1 Å². The lowest BCUT2D eigenvalue weighted by molar-refractivity contribution is -0.166. The second-order valence-corrected chi connectivity index (χ2v) is 7.40. The molecule has 0 unspecified atom stereocenters. The van der Waals surface area contributed by atoms with E-state index < -0.39 is 18.0 Å². The van der Waals surface area contributed by atoms with Crippen LogP contribution in [0.2, 0.25) is 0 Å². The van der Waals surface area contributed by atoms with Crippen molar-refractivity contribution >= 4 is 5.91 Å². The maximum atomic E-state index is 12.9. The first-order chi connectivity index (χ1) is 13.8. The number of ether oxygens (including phenoxy) is 2. The summed E-state index contributed by atoms with van der Waals surface area (Å²) in [4.78, 5) is 12.5. The van der Waals surface area contributed by atoms with Gasteiger partial charge in [-0.3, -0.25) is 4.79 Å². The van der Waals surface area contributed by atoms with Gasteiger partial charge in [-0.2, -0.15) is 13.2 Å². The first-order valence-corrected chi connectivity index (χ1v) is 9.92. The summed E-state index contributed by atoms with van der Waals surface area (Å²) in [6.07, 6.45) is -0.581. The molecule has 1 fully saturated rings. The van der Waals surface area contributed by atoms with Crippen molar-refractivity contribution < 1.29 is 32.5 Å². The number of amides is 1. The molecule has 0 saturated heterocycles. The molecule has 8 heteroatoms. The standard InChI is InChI=1S/C21H26F3NO4/c1-2-28-20-16(4-3-11-26)17(12-18(29-20)19(27)25-15-9-10-15)13-5-7-14(8-6-13)21(22,23)24/h5-8,12,15-17,20,26H,2-4,9-11H2,1H3,(H,25,27)/t16-,17+,20+/m1/s1. The summed E-state index contributed by atoms with van der Waals surface area (Å²) in [5.74, 6) is -0.819. The van der Waals surface area contributed by atoms with Gasteiger partial charge in [-0.15, -0.1) is 0 Å². The number of nitrogens with one attached hydrogen (secondary N) is 1. The fourth-order valence-corrected chi connectivity index (χ4v) is 3.52. The highest BCUT2D eigenvalue weighted by atomic mass is 19.4. The minimum atomic E-state index is -4.41. The molecule has 0 spiro atoms. The summed E-state index contributed by atoms with van der Waals surface area (Å²) in [5, 5.41) is 12.1. The normalized spacial score (nSPS) is 24.6. The van der Waals surface area contributed by atoms with Gasteiger partial charge in [0.2, 0.25) is 6.29 Å². The first kappa shape index (κ1) is 21.6. The van der Waals surface area contributed by atoms with E-state index in [4.69, 9.17) is 9.47 Å². The van der Waals surface area contributed by atoms with Crippen LogP contribution in [0.4, 0.5) is 13.2 Å². The Balaban J connectivity index is 1.92. The first-order valence-electron chi connectivity index (χ1n) is 9.92. The molecule has 29 heavy (non-hydrogen) atoms. The molecule has 2 N–H and O–H groups in total. The summed E-state index contributed by atoms with van der Waals surface area (Å²) in [6, 6.07) is 5.10. The Morgan fingerprint density at radius 2 is 1.97 bits per heavy atom. The molecule has 1 heterocycles. The Hall–Kier alpha value is -2.06. The number of alkyl halides is 3. The highest BCUT2D eigenvalue weighted by Crippen LogP contribution is 2.40. The van der Waals surface area contributed by atoms with Gasteiger partial charge in [0, 0.05) is 31.1 Å². The van der Waals surface area contributed by atoms with Crippen molar-refractivity contribution in [2.24, 2.45) is 5.92 Å². The SMILES string of the molecule is CCO[C@H]1OC(C(=O)NC2CC2)=C[C@@H](c2ccc(C(F)(F)F)cc2)[C@H]1CCCO. The Labute approximate surface area is 167 Å².